The highest BCUT2D eigenvalue weighted by Crippen LogP contribution is 2.32. The van der Waals surface area contributed by atoms with Crippen molar-refractivity contribution < 1.29 is 47.5 Å². The van der Waals surface area contributed by atoms with Crippen LogP contribution in [-0.4, -0.2) is 75.4 Å². The Morgan fingerprint density at radius 1 is 0.689 bits per heavy atom. The molecular weight excluding hydrogens is 580 g/mol. The smallest absolute Gasteiger partial charge is 0.338 e. The summed E-state index contributed by atoms with van der Waals surface area (Å²) < 4.78 is 39.5. The van der Waals surface area contributed by atoms with Crippen molar-refractivity contribution in [3.8, 4) is 11.5 Å². The van der Waals surface area contributed by atoms with Gasteiger partial charge in [0.2, 0.25) is 0 Å². The van der Waals surface area contributed by atoms with Crippen LogP contribution in [0.25, 0.3) is 0 Å². The molecule has 2 aliphatic heterocycles. The van der Waals surface area contributed by atoms with Gasteiger partial charge in [-0.1, -0.05) is 32.8 Å². The van der Waals surface area contributed by atoms with Gasteiger partial charge >= 0.3 is 17.9 Å². The van der Waals surface area contributed by atoms with Crippen molar-refractivity contribution in [2.75, 3.05) is 33.0 Å². The predicted molar refractivity (Wildman–Crippen MR) is 166 cm³/mol. The summed E-state index contributed by atoms with van der Waals surface area (Å²) in [5.74, 6) is -0.000221. The maximum absolute atomic E-state index is 12.8. The maximum Gasteiger partial charge on any atom is 0.338 e. The predicted octanol–water partition coefficient (Wildman–Crippen LogP) is 5.86. The molecule has 2 aliphatic rings. The van der Waals surface area contributed by atoms with Crippen molar-refractivity contribution in [1.29, 1.82) is 0 Å². The highest BCUT2D eigenvalue weighted by Gasteiger charge is 2.51. The van der Waals surface area contributed by atoms with Crippen LogP contribution in [0.4, 0.5) is 0 Å². The second kappa shape index (κ2) is 18.2. The summed E-state index contributed by atoms with van der Waals surface area (Å²) in [5.41, 5.74) is 0.795. The third-order valence-electron chi connectivity index (χ3n) is 7.64. The van der Waals surface area contributed by atoms with Crippen LogP contribution in [0.1, 0.15) is 79.0 Å². The van der Waals surface area contributed by atoms with Gasteiger partial charge in [-0.2, -0.15) is 0 Å². The largest absolute Gasteiger partial charge is 0.494 e. The van der Waals surface area contributed by atoms with E-state index in [0.29, 0.717) is 42.4 Å². The maximum atomic E-state index is 12.8. The number of esters is 3. The minimum atomic E-state index is -0.615. The second-order valence-corrected chi connectivity index (χ2v) is 11.1. The Morgan fingerprint density at radius 2 is 1.13 bits per heavy atom. The molecule has 2 aromatic rings. The molecule has 0 N–H and O–H groups in total. The minimum Gasteiger partial charge on any atom is -0.494 e. The van der Waals surface area contributed by atoms with Gasteiger partial charge in [-0.3, -0.25) is 0 Å². The first-order valence-electron chi connectivity index (χ1n) is 15.9. The van der Waals surface area contributed by atoms with E-state index in [9.17, 15) is 14.4 Å². The molecule has 10 heteroatoms. The van der Waals surface area contributed by atoms with E-state index in [1.807, 2.05) is 0 Å². The zero-order chi connectivity index (χ0) is 31.9. The van der Waals surface area contributed by atoms with E-state index >= 15 is 0 Å². The lowest BCUT2D eigenvalue weighted by molar-refractivity contribution is -0.137. The van der Waals surface area contributed by atoms with Crippen molar-refractivity contribution in [2.24, 2.45) is 0 Å². The molecule has 2 unspecified atom stereocenters. The Labute approximate surface area is 264 Å². The zero-order valence-corrected chi connectivity index (χ0v) is 26.0. The topological polar surface area (TPSA) is 116 Å². The molecule has 2 aromatic carbocycles. The highest BCUT2D eigenvalue weighted by atomic mass is 16.7. The van der Waals surface area contributed by atoms with Crippen molar-refractivity contribution in [2.45, 2.75) is 82.7 Å². The first-order chi connectivity index (χ1) is 22.0. The summed E-state index contributed by atoms with van der Waals surface area (Å²) in [5, 5.41) is 0. The summed E-state index contributed by atoms with van der Waals surface area (Å²) >= 11 is 0. The van der Waals surface area contributed by atoms with Crippen LogP contribution >= 0.6 is 0 Å². The van der Waals surface area contributed by atoms with Crippen LogP contribution in [0.15, 0.2) is 61.2 Å². The minimum absolute atomic E-state index is 0.150. The number of benzene rings is 2. The molecule has 2 heterocycles. The molecule has 0 amide bonds. The number of rotatable bonds is 19. The van der Waals surface area contributed by atoms with E-state index in [0.717, 1.165) is 44.6 Å². The normalized spacial score (nSPS) is 20.2. The first kappa shape index (κ1) is 34.0. The molecule has 0 saturated carbocycles. The Morgan fingerprint density at radius 3 is 1.58 bits per heavy atom. The third kappa shape index (κ3) is 10.6. The Bertz CT molecular complexity index is 1230. The molecular formula is C35H44O10. The SMILES string of the molecule is C=CC(=O)OCCCCCCOc1ccc(C(=O)O[C@@H]2COC3C2OC[C@@H]3OC(=O)c2ccc(OCCCCCC)cc2)cc1. The standard InChI is InChI=1S/C35H44O10/c1-3-5-6-9-20-39-27-16-12-25(13-17-27)34(37)44-29-23-42-33-30(24-43-32(29)33)45-35(38)26-14-18-28(19-15-26)40-21-10-7-8-11-22-41-31(36)4-2/h4,12-19,29-30,32-33H,2-3,5-11,20-24H2,1H3/t29-,30+,32?,33?/m0/s1. The summed E-state index contributed by atoms with van der Waals surface area (Å²) in [4.78, 5) is 36.6. The number of hydrogen-bond donors (Lipinski definition) is 0. The highest BCUT2D eigenvalue weighted by molar-refractivity contribution is 5.90. The molecule has 0 spiro atoms. The number of hydrogen-bond acceptors (Lipinski definition) is 10. The van der Waals surface area contributed by atoms with Crippen LogP contribution in [0.2, 0.25) is 0 Å². The second-order valence-electron chi connectivity index (χ2n) is 11.1. The fraction of sp³-hybridized carbons (Fsp3) is 0.514. The van der Waals surface area contributed by atoms with Gasteiger partial charge in [-0.25, -0.2) is 14.4 Å². The molecule has 45 heavy (non-hydrogen) atoms. The number of fused-ring (bicyclic) bond motifs is 1. The lowest BCUT2D eigenvalue weighted by atomic mass is 10.1. The number of carbonyl (C=O) groups is 3. The van der Waals surface area contributed by atoms with Crippen molar-refractivity contribution in [3.05, 3.63) is 72.3 Å². The average Bonchev–Trinajstić information content (AvgIpc) is 3.65. The number of carbonyl (C=O) groups excluding carboxylic acids is 3. The van der Waals surface area contributed by atoms with Crippen LogP contribution in [0.3, 0.4) is 0 Å². The molecule has 4 rings (SSSR count). The van der Waals surface area contributed by atoms with Crippen molar-refractivity contribution >= 4 is 17.9 Å². The molecule has 4 atom stereocenters. The Balaban J connectivity index is 1.14. The van der Waals surface area contributed by atoms with E-state index in [1.54, 1.807) is 48.5 Å². The quantitative estimate of drug-likeness (QED) is 0.0814. The monoisotopic (exact) mass is 624 g/mol. The van der Waals surface area contributed by atoms with E-state index in [-0.39, 0.29) is 13.2 Å². The lowest BCUT2D eigenvalue weighted by Gasteiger charge is -2.17. The van der Waals surface area contributed by atoms with E-state index in [4.69, 9.17) is 33.2 Å². The first-order valence-corrected chi connectivity index (χ1v) is 15.9. The van der Waals surface area contributed by atoms with Crippen LogP contribution in [0, 0.1) is 0 Å². The van der Waals surface area contributed by atoms with Crippen LogP contribution in [0.5, 0.6) is 11.5 Å². The molecule has 0 aromatic heterocycles. The van der Waals surface area contributed by atoms with Crippen LogP contribution in [-0.2, 0) is 28.5 Å². The molecule has 244 valence electrons. The Kier molecular flexibility index (Phi) is 13.7. The summed E-state index contributed by atoms with van der Waals surface area (Å²) in [6.07, 6.45) is 6.95. The van der Waals surface area contributed by atoms with Gasteiger partial charge in [-0.15, -0.1) is 0 Å². The van der Waals surface area contributed by atoms with Crippen molar-refractivity contribution in [1.82, 2.24) is 0 Å². The Hall–Kier alpha value is -3.89. The number of ether oxygens (including phenoxy) is 7. The van der Waals surface area contributed by atoms with Gasteiger partial charge in [-0.05, 0) is 80.6 Å². The summed E-state index contributed by atoms with van der Waals surface area (Å²) in [6, 6.07) is 13.7. The van der Waals surface area contributed by atoms with Crippen LogP contribution < -0.4 is 9.47 Å². The average molecular weight is 625 g/mol. The van der Waals surface area contributed by atoms with E-state index in [1.165, 1.54) is 12.8 Å². The molecule has 0 bridgehead atoms. The third-order valence-corrected chi connectivity index (χ3v) is 7.64. The van der Waals surface area contributed by atoms with Gasteiger partial charge < -0.3 is 33.2 Å². The van der Waals surface area contributed by atoms with Gasteiger partial charge in [0.05, 0.1) is 44.2 Å². The van der Waals surface area contributed by atoms with Gasteiger partial charge in [0.1, 0.15) is 23.7 Å². The van der Waals surface area contributed by atoms with E-state index < -0.39 is 42.3 Å². The van der Waals surface area contributed by atoms with Gasteiger partial charge in [0.15, 0.2) is 12.2 Å². The molecule has 0 aliphatic carbocycles. The molecule has 10 nitrogen and oxygen atoms in total. The fourth-order valence-corrected chi connectivity index (χ4v) is 5.11. The van der Waals surface area contributed by atoms with E-state index in [2.05, 4.69) is 13.5 Å². The fourth-order valence-electron chi connectivity index (χ4n) is 5.11. The molecule has 2 saturated heterocycles. The summed E-state index contributed by atoms with van der Waals surface area (Å²) in [7, 11) is 0. The van der Waals surface area contributed by atoms with Gasteiger partial charge in [0, 0.05) is 6.08 Å². The number of unbranched alkanes of at least 4 members (excludes halogenated alkanes) is 6. The van der Waals surface area contributed by atoms with Crippen molar-refractivity contribution in [3.63, 3.8) is 0 Å². The molecule has 2 fully saturated rings. The summed E-state index contributed by atoms with van der Waals surface area (Å²) in [6.45, 7) is 7.42. The lowest BCUT2D eigenvalue weighted by Crippen LogP contribution is -2.36. The zero-order valence-electron chi connectivity index (χ0n) is 26.0. The molecule has 0 radical (unpaired) electrons. The van der Waals surface area contributed by atoms with Gasteiger partial charge in [0.25, 0.3) is 0 Å².